The number of amides is 1. The van der Waals surface area contributed by atoms with Crippen LogP contribution in [0, 0.1) is 10.1 Å². The number of halogens is 2. The molecule has 2 aromatic rings. The predicted molar refractivity (Wildman–Crippen MR) is 93.0 cm³/mol. The van der Waals surface area contributed by atoms with E-state index in [1.165, 1.54) is 32.2 Å². The standard InChI is InChI=1S/C16H18F2N4O6/c1-4-27-13-7-10(5-6-12(13)28-16(17)18)19-14(23)9(2)21-8-11(22(24)25)15(20-21)26-3/h5-9,16H,4H2,1-3H3,(H,19,23). The van der Waals surface area contributed by atoms with E-state index < -0.39 is 23.5 Å². The zero-order valence-corrected chi connectivity index (χ0v) is 15.2. The Morgan fingerprint density at radius 1 is 1.39 bits per heavy atom. The van der Waals surface area contributed by atoms with Gasteiger partial charge in [-0.25, -0.2) is 4.68 Å². The number of anilines is 1. The van der Waals surface area contributed by atoms with Crippen molar-refractivity contribution >= 4 is 17.3 Å². The van der Waals surface area contributed by atoms with Gasteiger partial charge in [0, 0.05) is 11.8 Å². The molecule has 0 saturated heterocycles. The summed E-state index contributed by atoms with van der Waals surface area (Å²) in [6.45, 7) is 0.315. The second-order valence-corrected chi connectivity index (χ2v) is 5.40. The average molecular weight is 400 g/mol. The van der Waals surface area contributed by atoms with Gasteiger partial charge >= 0.3 is 18.2 Å². The highest BCUT2D eigenvalue weighted by Gasteiger charge is 2.25. The molecular formula is C16H18F2N4O6. The van der Waals surface area contributed by atoms with Gasteiger partial charge in [-0.1, -0.05) is 0 Å². The van der Waals surface area contributed by atoms with Crippen molar-refractivity contribution < 1.29 is 32.7 Å². The number of methoxy groups -OCH3 is 1. The van der Waals surface area contributed by atoms with Crippen molar-refractivity contribution in [1.29, 1.82) is 0 Å². The molecule has 152 valence electrons. The highest BCUT2D eigenvalue weighted by Crippen LogP contribution is 2.32. The second-order valence-electron chi connectivity index (χ2n) is 5.40. The summed E-state index contributed by atoms with van der Waals surface area (Å²) in [6.07, 6.45) is 1.08. The number of nitrogens with zero attached hydrogens (tertiary/aromatic N) is 3. The maximum absolute atomic E-state index is 12.5. The van der Waals surface area contributed by atoms with Crippen molar-refractivity contribution in [3.63, 3.8) is 0 Å². The summed E-state index contributed by atoms with van der Waals surface area (Å²) in [5.74, 6) is -0.915. The lowest BCUT2D eigenvalue weighted by Gasteiger charge is -2.15. The number of hydrogen-bond donors (Lipinski definition) is 1. The van der Waals surface area contributed by atoms with Gasteiger partial charge in [0.1, 0.15) is 12.2 Å². The number of rotatable bonds is 9. The molecule has 0 aliphatic rings. The van der Waals surface area contributed by atoms with Crippen LogP contribution >= 0.6 is 0 Å². The molecule has 0 radical (unpaired) electrons. The van der Waals surface area contributed by atoms with E-state index in [0.29, 0.717) is 0 Å². The first-order valence-electron chi connectivity index (χ1n) is 8.06. The van der Waals surface area contributed by atoms with Crippen LogP contribution in [0.4, 0.5) is 20.2 Å². The van der Waals surface area contributed by atoms with Crippen LogP contribution in [0.15, 0.2) is 24.4 Å². The first-order chi connectivity index (χ1) is 13.3. The van der Waals surface area contributed by atoms with Crippen LogP contribution in [-0.4, -0.2) is 40.9 Å². The summed E-state index contributed by atoms with van der Waals surface area (Å²) in [6, 6.07) is 3.00. The van der Waals surface area contributed by atoms with E-state index in [1.54, 1.807) is 6.92 Å². The van der Waals surface area contributed by atoms with Crippen LogP contribution in [0.25, 0.3) is 0 Å². The topological polar surface area (TPSA) is 118 Å². The second kappa shape index (κ2) is 8.97. The average Bonchev–Trinajstić information content (AvgIpc) is 3.07. The molecule has 0 aliphatic heterocycles. The van der Waals surface area contributed by atoms with E-state index in [-0.39, 0.29) is 35.4 Å². The number of aromatic nitrogens is 2. The van der Waals surface area contributed by atoms with Crippen molar-refractivity contribution in [2.45, 2.75) is 26.5 Å². The van der Waals surface area contributed by atoms with Crippen LogP contribution in [-0.2, 0) is 4.79 Å². The molecule has 1 aromatic carbocycles. The monoisotopic (exact) mass is 400 g/mol. The van der Waals surface area contributed by atoms with Crippen molar-refractivity contribution in [1.82, 2.24) is 9.78 Å². The molecule has 1 amide bonds. The maximum Gasteiger partial charge on any atom is 0.387 e. The molecule has 0 saturated carbocycles. The van der Waals surface area contributed by atoms with E-state index in [9.17, 15) is 23.7 Å². The molecule has 1 unspecified atom stereocenters. The summed E-state index contributed by atoms with van der Waals surface area (Å²) in [5, 5.41) is 17.4. The van der Waals surface area contributed by atoms with Crippen molar-refractivity contribution in [2.75, 3.05) is 19.0 Å². The molecule has 12 heteroatoms. The van der Waals surface area contributed by atoms with Crippen LogP contribution in [0.2, 0.25) is 0 Å². The third kappa shape index (κ3) is 4.84. The van der Waals surface area contributed by atoms with E-state index in [4.69, 9.17) is 9.47 Å². The summed E-state index contributed by atoms with van der Waals surface area (Å²) in [4.78, 5) is 22.7. The lowest BCUT2D eigenvalue weighted by atomic mass is 10.2. The zero-order valence-electron chi connectivity index (χ0n) is 15.2. The number of alkyl halides is 2. The maximum atomic E-state index is 12.5. The largest absolute Gasteiger partial charge is 0.490 e. The summed E-state index contributed by atoms with van der Waals surface area (Å²) < 4.78 is 40.4. The fraction of sp³-hybridized carbons (Fsp3) is 0.375. The van der Waals surface area contributed by atoms with E-state index in [1.807, 2.05) is 0 Å². The normalized spacial score (nSPS) is 11.8. The van der Waals surface area contributed by atoms with Gasteiger partial charge in [0.15, 0.2) is 11.5 Å². The molecule has 2 rings (SSSR count). The Morgan fingerprint density at radius 2 is 2.11 bits per heavy atom. The van der Waals surface area contributed by atoms with E-state index in [0.717, 1.165) is 10.9 Å². The molecule has 1 N–H and O–H groups in total. The quantitative estimate of drug-likeness (QED) is 0.508. The Hall–Kier alpha value is -3.44. The van der Waals surface area contributed by atoms with Crippen molar-refractivity contribution in [3.05, 3.63) is 34.5 Å². The lowest BCUT2D eigenvalue weighted by Crippen LogP contribution is -2.24. The minimum Gasteiger partial charge on any atom is -0.490 e. The minimum atomic E-state index is -3.02. The Kier molecular flexibility index (Phi) is 6.69. The Labute approximate surface area is 158 Å². The molecule has 28 heavy (non-hydrogen) atoms. The summed E-state index contributed by atoms with van der Waals surface area (Å²) in [5.41, 5.74) is -0.121. The first-order valence-corrected chi connectivity index (χ1v) is 8.06. The first kappa shape index (κ1) is 20.9. The molecule has 0 fully saturated rings. The molecular weight excluding hydrogens is 382 g/mol. The van der Waals surface area contributed by atoms with Crippen LogP contribution in [0.5, 0.6) is 17.4 Å². The SMILES string of the molecule is CCOc1cc(NC(=O)C(C)n2cc([N+](=O)[O-])c(OC)n2)ccc1OC(F)F. The van der Waals surface area contributed by atoms with Crippen molar-refractivity contribution in [3.8, 4) is 17.4 Å². The number of ether oxygens (including phenoxy) is 3. The fourth-order valence-corrected chi connectivity index (χ4v) is 2.25. The predicted octanol–water partition coefficient (Wildman–Crippen LogP) is 3.00. The highest BCUT2D eigenvalue weighted by atomic mass is 19.3. The Morgan fingerprint density at radius 3 is 2.64 bits per heavy atom. The smallest absolute Gasteiger partial charge is 0.387 e. The number of carbonyl (C=O) groups is 1. The van der Waals surface area contributed by atoms with Gasteiger partial charge in [-0.2, -0.15) is 8.78 Å². The molecule has 0 bridgehead atoms. The number of hydrogen-bond acceptors (Lipinski definition) is 7. The zero-order chi connectivity index (χ0) is 20.8. The van der Waals surface area contributed by atoms with Crippen LogP contribution in [0.1, 0.15) is 19.9 Å². The number of nitrogens with one attached hydrogen (secondary N) is 1. The van der Waals surface area contributed by atoms with Gasteiger partial charge in [-0.3, -0.25) is 14.9 Å². The number of carbonyl (C=O) groups excluding carboxylic acids is 1. The molecule has 1 aromatic heterocycles. The number of benzene rings is 1. The Balaban J connectivity index is 2.19. The number of nitro groups is 1. The lowest BCUT2D eigenvalue weighted by molar-refractivity contribution is -0.385. The summed E-state index contributed by atoms with van der Waals surface area (Å²) in [7, 11) is 1.22. The third-order valence-corrected chi connectivity index (χ3v) is 3.57. The third-order valence-electron chi connectivity index (χ3n) is 3.57. The van der Waals surface area contributed by atoms with E-state index >= 15 is 0 Å². The van der Waals surface area contributed by atoms with Crippen LogP contribution < -0.4 is 19.5 Å². The summed E-state index contributed by atoms with van der Waals surface area (Å²) >= 11 is 0. The van der Waals surface area contributed by atoms with Crippen LogP contribution in [0.3, 0.4) is 0 Å². The Bertz CT molecular complexity index is 858. The fourth-order valence-electron chi connectivity index (χ4n) is 2.25. The van der Waals surface area contributed by atoms with Gasteiger partial charge in [0.05, 0.1) is 18.6 Å². The molecule has 0 spiro atoms. The van der Waals surface area contributed by atoms with Crippen molar-refractivity contribution in [2.24, 2.45) is 0 Å². The van der Waals surface area contributed by atoms with Gasteiger partial charge in [0.2, 0.25) is 5.91 Å². The molecule has 10 nitrogen and oxygen atoms in total. The van der Waals surface area contributed by atoms with Gasteiger partial charge < -0.3 is 19.5 Å². The van der Waals surface area contributed by atoms with E-state index in [2.05, 4.69) is 15.2 Å². The van der Waals surface area contributed by atoms with Gasteiger partial charge in [-0.05, 0) is 26.0 Å². The highest BCUT2D eigenvalue weighted by molar-refractivity contribution is 5.93. The van der Waals surface area contributed by atoms with Gasteiger partial charge in [0.25, 0.3) is 0 Å². The molecule has 1 heterocycles. The molecule has 1 atom stereocenters. The minimum absolute atomic E-state index is 0.0321. The van der Waals surface area contributed by atoms with Gasteiger partial charge in [-0.15, -0.1) is 5.10 Å². The molecule has 0 aliphatic carbocycles.